The Labute approximate surface area is 156 Å². The number of imide groups is 1. The summed E-state index contributed by atoms with van der Waals surface area (Å²) in [5, 5.41) is 2.86. The molecule has 1 heterocycles. The Morgan fingerprint density at radius 3 is 2.15 bits per heavy atom. The number of rotatable bonds is 7. The number of hydrogen-bond donors (Lipinski definition) is 1. The van der Waals surface area contributed by atoms with Crippen LogP contribution in [0.15, 0.2) is 54.6 Å². The van der Waals surface area contributed by atoms with Gasteiger partial charge in [0.1, 0.15) is 6.04 Å². The normalized spacial score (nSPS) is 14.3. The zero-order valence-corrected chi connectivity index (χ0v) is 15.3. The first-order chi connectivity index (χ1) is 12.6. The van der Waals surface area contributed by atoms with Crippen LogP contribution in [0.1, 0.15) is 32.7 Å². The molecule has 0 aliphatic carbocycles. The lowest BCUT2D eigenvalue weighted by molar-refractivity contribution is -0.125. The van der Waals surface area contributed by atoms with Crippen molar-refractivity contribution in [2.75, 3.05) is 12.0 Å². The molecule has 0 aromatic heterocycles. The van der Waals surface area contributed by atoms with E-state index in [1.54, 1.807) is 36.0 Å². The lowest BCUT2D eigenvalue weighted by Gasteiger charge is -2.25. The van der Waals surface area contributed by atoms with Gasteiger partial charge in [-0.25, -0.2) is 0 Å². The molecule has 5 nitrogen and oxygen atoms in total. The Morgan fingerprint density at radius 1 is 1.00 bits per heavy atom. The van der Waals surface area contributed by atoms with Gasteiger partial charge in [0.05, 0.1) is 11.1 Å². The average molecular weight is 368 g/mol. The van der Waals surface area contributed by atoms with Crippen molar-refractivity contribution in [1.29, 1.82) is 0 Å². The summed E-state index contributed by atoms with van der Waals surface area (Å²) in [6.07, 6.45) is 2.36. The molecule has 1 aliphatic rings. The summed E-state index contributed by atoms with van der Waals surface area (Å²) in [7, 11) is 0. The molecule has 1 aliphatic heterocycles. The molecule has 3 rings (SSSR count). The molecule has 0 radical (unpaired) electrons. The average Bonchev–Trinajstić information content (AvgIpc) is 2.93. The fourth-order valence-electron chi connectivity index (χ4n) is 3.00. The number of carbonyl (C=O) groups is 3. The SMILES string of the molecule is CSCC[C@H](C(=O)NCc1ccccc1)N1C(=O)c2ccccc2C1=O. The molecular formula is C20H20N2O3S. The van der Waals surface area contributed by atoms with Gasteiger partial charge >= 0.3 is 0 Å². The maximum absolute atomic E-state index is 12.8. The summed E-state index contributed by atoms with van der Waals surface area (Å²) >= 11 is 1.58. The van der Waals surface area contributed by atoms with Crippen LogP contribution in [0.5, 0.6) is 0 Å². The molecule has 1 atom stereocenters. The van der Waals surface area contributed by atoms with E-state index in [-0.39, 0.29) is 5.91 Å². The standard InChI is InChI=1S/C20H20N2O3S/c1-26-12-11-17(18(23)21-13-14-7-3-2-4-8-14)22-19(24)15-9-5-6-10-16(15)20(22)25/h2-10,17H,11-13H2,1H3,(H,21,23)/t17-/m1/s1. The topological polar surface area (TPSA) is 66.5 Å². The van der Waals surface area contributed by atoms with Crippen LogP contribution in [0, 0.1) is 0 Å². The molecule has 3 amide bonds. The fraction of sp³-hybridized carbons (Fsp3) is 0.250. The maximum Gasteiger partial charge on any atom is 0.262 e. The molecular weight excluding hydrogens is 348 g/mol. The van der Waals surface area contributed by atoms with E-state index in [1.165, 1.54) is 0 Å². The third-order valence-electron chi connectivity index (χ3n) is 4.34. The van der Waals surface area contributed by atoms with Gasteiger partial charge in [0, 0.05) is 6.54 Å². The van der Waals surface area contributed by atoms with Crippen molar-refractivity contribution in [3.63, 3.8) is 0 Å². The van der Waals surface area contributed by atoms with Gasteiger partial charge in [-0.2, -0.15) is 11.8 Å². The minimum absolute atomic E-state index is 0.308. The van der Waals surface area contributed by atoms with Gasteiger partial charge in [-0.05, 0) is 36.1 Å². The zero-order chi connectivity index (χ0) is 18.5. The molecule has 0 saturated heterocycles. The number of benzene rings is 2. The second kappa shape index (κ2) is 8.19. The highest BCUT2D eigenvalue weighted by atomic mass is 32.2. The second-order valence-corrected chi connectivity index (χ2v) is 7.01. The molecule has 0 spiro atoms. The van der Waals surface area contributed by atoms with Crippen LogP contribution in [-0.2, 0) is 11.3 Å². The van der Waals surface area contributed by atoms with Gasteiger partial charge in [-0.15, -0.1) is 0 Å². The summed E-state index contributed by atoms with van der Waals surface area (Å²) in [6, 6.07) is 15.4. The second-order valence-electron chi connectivity index (χ2n) is 6.03. The third kappa shape index (κ3) is 3.65. The van der Waals surface area contributed by atoms with E-state index in [1.807, 2.05) is 36.6 Å². The minimum atomic E-state index is -0.807. The Bertz CT molecular complexity index is 788. The van der Waals surface area contributed by atoms with Gasteiger partial charge in [0.15, 0.2) is 0 Å². The van der Waals surface area contributed by atoms with Crippen LogP contribution in [0.2, 0.25) is 0 Å². The number of hydrogen-bond acceptors (Lipinski definition) is 4. The van der Waals surface area contributed by atoms with Crippen LogP contribution in [-0.4, -0.2) is 40.7 Å². The Hall–Kier alpha value is -2.60. The van der Waals surface area contributed by atoms with E-state index in [9.17, 15) is 14.4 Å². The van der Waals surface area contributed by atoms with Crippen molar-refractivity contribution in [2.45, 2.75) is 19.0 Å². The molecule has 6 heteroatoms. The van der Waals surface area contributed by atoms with Crippen LogP contribution in [0.25, 0.3) is 0 Å². The van der Waals surface area contributed by atoms with Crippen molar-refractivity contribution >= 4 is 29.5 Å². The van der Waals surface area contributed by atoms with Crippen LogP contribution in [0.4, 0.5) is 0 Å². The van der Waals surface area contributed by atoms with Crippen molar-refractivity contribution in [3.05, 3.63) is 71.3 Å². The number of amides is 3. The van der Waals surface area contributed by atoms with E-state index in [4.69, 9.17) is 0 Å². The molecule has 0 unspecified atom stereocenters. The van der Waals surface area contributed by atoms with Crippen molar-refractivity contribution in [1.82, 2.24) is 10.2 Å². The van der Waals surface area contributed by atoms with Gasteiger partial charge in [-0.1, -0.05) is 42.5 Å². The van der Waals surface area contributed by atoms with Crippen LogP contribution >= 0.6 is 11.8 Å². The van der Waals surface area contributed by atoms with E-state index >= 15 is 0 Å². The fourth-order valence-corrected chi connectivity index (χ4v) is 3.46. The van der Waals surface area contributed by atoms with Gasteiger partial charge in [-0.3, -0.25) is 19.3 Å². The number of nitrogens with zero attached hydrogens (tertiary/aromatic N) is 1. The van der Waals surface area contributed by atoms with Gasteiger partial charge in [0.2, 0.25) is 5.91 Å². The summed E-state index contributed by atoms with van der Waals surface area (Å²) in [5.41, 5.74) is 1.69. The van der Waals surface area contributed by atoms with E-state index in [2.05, 4.69) is 5.32 Å². The molecule has 0 bridgehead atoms. The summed E-state index contributed by atoms with van der Waals surface area (Å²) < 4.78 is 0. The lowest BCUT2D eigenvalue weighted by atomic mass is 10.1. The van der Waals surface area contributed by atoms with Crippen molar-refractivity contribution < 1.29 is 14.4 Å². The first-order valence-electron chi connectivity index (χ1n) is 8.41. The van der Waals surface area contributed by atoms with Crippen LogP contribution < -0.4 is 5.32 Å². The number of fused-ring (bicyclic) bond motifs is 1. The monoisotopic (exact) mass is 368 g/mol. The predicted molar refractivity (Wildman–Crippen MR) is 102 cm³/mol. The quantitative estimate of drug-likeness (QED) is 0.763. The molecule has 0 fully saturated rings. The molecule has 0 saturated carbocycles. The first-order valence-corrected chi connectivity index (χ1v) is 9.80. The highest BCUT2D eigenvalue weighted by Crippen LogP contribution is 2.26. The van der Waals surface area contributed by atoms with Gasteiger partial charge in [0.25, 0.3) is 11.8 Å². The lowest BCUT2D eigenvalue weighted by Crippen LogP contribution is -2.49. The number of thioether (sulfide) groups is 1. The minimum Gasteiger partial charge on any atom is -0.350 e. The zero-order valence-electron chi connectivity index (χ0n) is 14.5. The molecule has 2 aromatic carbocycles. The van der Waals surface area contributed by atoms with Crippen LogP contribution in [0.3, 0.4) is 0 Å². The predicted octanol–water partition coefficient (Wildman–Crippen LogP) is 2.72. The molecule has 134 valence electrons. The highest BCUT2D eigenvalue weighted by Gasteiger charge is 2.42. The molecule has 26 heavy (non-hydrogen) atoms. The summed E-state index contributed by atoms with van der Waals surface area (Å²) in [4.78, 5) is 39.3. The maximum atomic E-state index is 12.8. The summed E-state index contributed by atoms with van der Waals surface area (Å²) in [6.45, 7) is 0.360. The molecule has 1 N–H and O–H groups in total. The molecule has 2 aromatic rings. The first kappa shape index (κ1) is 18.2. The Balaban J connectivity index is 1.79. The smallest absolute Gasteiger partial charge is 0.262 e. The Kier molecular flexibility index (Phi) is 5.73. The highest BCUT2D eigenvalue weighted by molar-refractivity contribution is 7.98. The van der Waals surface area contributed by atoms with Gasteiger partial charge < -0.3 is 5.32 Å². The summed E-state index contributed by atoms with van der Waals surface area (Å²) in [5.74, 6) is -0.424. The van der Waals surface area contributed by atoms with Crippen molar-refractivity contribution in [3.8, 4) is 0 Å². The van der Waals surface area contributed by atoms with E-state index in [0.29, 0.717) is 29.8 Å². The van der Waals surface area contributed by atoms with E-state index < -0.39 is 17.9 Å². The van der Waals surface area contributed by atoms with Crippen molar-refractivity contribution in [2.24, 2.45) is 0 Å². The third-order valence-corrected chi connectivity index (χ3v) is 4.99. The number of carbonyl (C=O) groups excluding carboxylic acids is 3. The Morgan fingerprint density at radius 2 is 1.58 bits per heavy atom. The number of nitrogens with one attached hydrogen (secondary N) is 1. The van der Waals surface area contributed by atoms with E-state index in [0.717, 1.165) is 10.5 Å². The largest absolute Gasteiger partial charge is 0.350 e.